The fourth-order valence-electron chi connectivity index (χ4n) is 0.703. The Morgan fingerprint density at radius 1 is 1.33 bits per heavy atom. The molecule has 4 N–H and O–H groups in total. The first-order valence-corrected chi connectivity index (χ1v) is 3.64. The van der Waals surface area contributed by atoms with Crippen molar-refractivity contribution in [3.05, 3.63) is 0 Å². The van der Waals surface area contributed by atoms with Crippen LogP contribution in [0, 0.1) is 5.92 Å². The summed E-state index contributed by atoms with van der Waals surface area (Å²) in [5.41, 5.74) is 11.0. The summed E-state index contributed by atoms with van der Waals surface area (Å²) < 4.78 is 0. The third-order valence-corrected chi connectivity index (χ3v) is 1.76. The van der Waals surface area contributed by atoms with Crippen LogP contribution in [-0.2, 0) is 0 Å². The molecule has 0 spiro atoms. The highest BCUT2D eigenvalue weighted by Crippen LogP contribution is 2.06. The Balaban J connectivity index is 3.16. The maximum Gasteiger partial charge on any atom is 0.00361 e. The highest BCUT2D eigenvalue weighted by molar-refractivity contribution is 4.62. The Labute approximate surface area is 57.6 Å². The summed E-state index contributed by atoms with van der Waals surface area (Å²) in [5, 5.41) is 0. The topological polar surface area (TPSA) is 52.0 Å². The van der Waals surface area contributed by atoms with Gasteiger partial charge in [-0.3, -0.25) is 0 Å². The van der Waals surface area contributed by atoms with Crippen LogP contribution in [0.5, 0.6) is 0 Å². The van der Waals surface area contributed by atoms with Gasteiger partial charge in [0.1, 0.15) is 0 Å². The average Bonchev–Trinajstić information content (AvgIpc) is 1.82. The van der Waals surface area contributed by atoms with Gasteiger partial charge in [-0.25, -0.2) is 0 Å². The van der Waals surface area contributed by atoms with Gasteiger partial charge in [-0.2, -0.15) is 0 Å². The van der Waals surface area contributed by atoms with Crippen LogP contribution in [0.4, 0.5) is 0 Å². The van der Waals surface area contributed by atoms with Crippen LogP contribution < -0.4 is 11.5 Å². The molecule has 0 amide bonds. The Bertz CT molecular complexity index is 61.9. The van der Waals surface area contributed by atoms with E-state index in [1.807, 2.05) is 6.92 Å². The predicted octanol–water partition coefficient (Wildman–Crippen LogP) is 0.709. The van der Waals surface area contributed by atoms with Gasteiger partial charge in [0.2, 0.25) is 0 Å². The van der Waals surface area contributed by atoms with Crippen LogP contribution in [0.2, 0.25) is 0 Å². The van der Waals surface area contributed by atoms with Crippen molar-refractivity contribution < 1.29 is 0 Å². The Hall–Kier alpha value is -0.0800. The van der Waals surface area contributed by atoms with E-state index in [4.69, 9.17) is 11.5 Å². The Kier molecular flexibility index (Phi) is 4.72. The number of nitrogens with two attached hydrogens (primary N) is 2. The van der Waals surface area contributed by atoms with Crippen molar-refractivity contribution >= 4 is 0 Å². The van der Waals surface area contributed by atoms with E-state index in [-0.39, 0.29) is 0 Å². The van der Waals surface area contributed by atoms with Crippen molar-refractivity contribution in [2.24, 2.45) is 17.4 Å². The molecule has 0 bridgehead atoms. The minimum atomic E-state index is 0.316. The SMILES string of the molecule is CC(N)C(C)CCCN. The highest BCUT2D eigenvalue weighted by atomic mass is 14.6. The minimum absolute atomic E-state index is 0.316. The van der Waals surface area contributed by atoms with Crippen molar-refractivity contribution in [1.29, 1.82) is 0 Å². The lowest BCUT2D eigenvalue weighted by Crippen LogP contribution is -2.24. The lowest BCUT2D eigenvalue weighted by molar-refractivity contribution is 0.440. The molecular weight excluding hydrogens is 112 g/mol. The van der Waals surface area contributed by atoms with E-state index in [2.05, 4.69) is 6.92 Å². The molecule has 0 heterocycles. The van der Waals surface area contributed by atoms with Crippen molar-refractivity contribution in [1.82, 2.24) is 0 Å². The van der Waals surface area contributed by atoms with Crippen LogP contribution in [0.3, 0.4) is 0 Å². The molecule has 0 aliphatic heterocycles. The Morgan fingerprint density at radius 3 is 2.22 bits per heavy atom. The summed E-state index contributed by atoms with van der Waals surface area (Å²) in [6, 6.07) is 0.316. The van der Waals surface area contributed by atoms with Crippen molar-refractivity contribution in [2.75, 3.05) is 6.54 Å². The molecule has 0 saturated carbocycles. The summed E-state index contributed by atoms with van der Waals surface area (Å²) >= 11 is 0. The van der Waals surface area contributed by atoms with Crippen molar-refractivity contribution in [3.63, 3.8) is 0 Å². The summed E-state index contributed by atoms with van der Waals surface area (Å²) in [5.74, 6) is 0.619. The second-order valence-corrected chi connectivity index (χ2v) is 2.77. The summed E-state index contributed by atoms with van der Waals surface area (Å²) in [4.78, 5) is 0. The molecule has 0 rings (SSSR count). The van der Waals surface area contributed by atoms with E-state index in [0.29, 0.717) is 12.0 Å². The van der Waals surface area contributed by atoms with Gasteiger partial charge < -0.3 is 11.5 Å². The largest absolute Gasteiger partial charge is 0.330 e. The van der Waals surface area contributed by atoms with Crippen molar-refractivity contribution in [2.45, 2.75) is 32.7 Å². The molecule has 2 nitrogen and oxygen atoms in total. The first-order valence-electron chi connectivity index (χ1n) is 3.64. The third kappa shape index (κ3) is 4.43. The van der Waals surface area contributed by atoms with E-state index in [9.17, 15) is 0 Å². The molecule has 0 fully saturated rings. The summed E-state index contributed by atoms with van der Waals surface area (Å²) in [6.07, 6.45) is 2.26. The van der Waals surface area contributed by atoms with Gasteiger partial charge in [-0.05, 0) is 32.2 Å². The quantitative estimate of drug-likeness (QED) is 0.589. The lowest BCUT2D eigenvalue weighted by Gasteiger charge is -2.13. The molecule has 2 unspecified atom stereocenters. The van der Waals surface area contributed by atoms with Gasteiger partial charge in [0.05, 0.1) is 0 Å². The molecule has 2 heteroatoms. The standard InChI is InChI=1S/C7H18N2/c1-6(7(2)9)4-3-5-8/h6-7H,3-5,8-9H2,1-2H3. The molecule has 0 radical (unpaired) electrons. The zero-order valence-electron chi connectivity index (χ0n) is 6.43. The molecule has 0 aliphatic carbocycles. The number of hydrogen-bond donors (Lipinski definition) is 2. The van der Waals surface area contributed by atoms with Gasteiger partial charge >= 0.3 is 0 Å². The van der Waals surface area contributed by atoms with Crippen LogP contribution in [0.1, 0.15) is 26.7 Å². The molecule has 0 aromatic carbocycles. The third-order valence-electron chi connectivity index (χ3n) is 1.76. The van der Waals surface area contributed by atoms with Crippen LogP contribution in [0.25, 0.3) is 0 Å². The van der Waals surface area contributed by atoms with Crippen molar-refractivity contribution in [3.8, 4) is 0 Å². The maximum absolute atomic E-state index is 5.64. The zero-order valence-corrected chi connectivity index (χ0v) is 6.43. The van der Waals surface area contributed by atoms with E-state index in [1.54, 1.807) is 0 Å². The van der Waals surface area contributed by atoms with Gasteiger partial charge in [0, 0.05) is 6.04 Å². The monoisotopic (exact) mass is 130 g/mol. The predicted molar refractivity (Wildman–Crippen MR) is 41.1 cm³/mol. The van der Waals surface area contributed by atoms with Gasteiger partial charge in [0.15, 0.2) is 0 Å². The van der Waals surface area contributed by atoms with E-state index in [0.717, 1.165) is 19.4 Å². The second-order valence-electron chi connectivity index (χ2n) is 2.77. The van der Waals surface area contributed by atoms with E-state index >= 15 is 0 Å². The zero-order chi connectivity index (χ0) is 7.28. The molecule has 0 aliphatic rings. The fraction of sp³-hybridized carbons (Fsp3) is 1.00. The van der Waals surface area contributed by atoms with E-state index < -0.39 is 0 Å². The fourth-order valence-corrected chi connectivity index (χ4v) is 0.703. The van der Waals surface area contributed by atoms with Gasteiger partial charge in [-0.15, -0.1) is 0 Å². The molecule has 2 atom stereocenters. The molecule has 0 aromatic heterocycles. The first kappa shape index (κ1) is 8.92. The Morgan fingerprint density at radius 2 is 1.89 bits per heavy atom. The van der Waals surface area contributed by atoms with Crippen LogP contribution >= 0.6 is 0 Å². The average molecular weight is 130 g/mol. The number of hydrogen-bond acceptors (Lipinski definition) is 2. The van der Waals surface area contributed by atoms with Crippen LogP contribution in [-0.4, -0.2) is 12.6 Å². The molecule has 0 saturated heterocycles. The van der Waals surface area contributed by atoms with E-state index in [1.165, 1.54) is 0 Å². The minimum Gasteiger partial charge on any atom is -0.330 e. The lowest BCUT2D eigenvalue weighted by atomic mass is 9.99. The normalized spacial score (nSPS) is 17.3. The summed E-state index contributed by atoms with van der Waals surface area (Å²) in [7, 11) is 0. The second kappa shape index (κ2) is 4.77. The van der Waals surface area contributed by atoms with Gasteiger partial charge in [-0.1, -0.05) is 6.92 Å². The van der Waals surface area contributed by atoms with Gasteiger partial charge in [0.25, 0.3) is 0 Å². The van der Waals surface area contributed by atoms with Crippen LogP contribution in [0.15, 0.2) is 0 Å². The smallest absolute Gasteiger partial charge is 0.00361 e. The summed E-state index contributed by atoms with van der Waals surface area (Å²) in [6.45, 7) is 5.00. The first-order chi connectivity index (χ1) is 4.18. The molecular formula is C7H18N2. The maximum atomic E-state index is 5.64. The number of rotatable bonds is 4. The molecule has 56 valence electrons. The highest BCUT2D eigenvalue weighted by Gasteiger charge is 2.04. The molecule has 9 heavy (non-hydrogen) atoms. The molecule has 0 aromatic rings.